The first kappa shape index (κ1) is 16.1. The summed E-state index contributed by atoms with van der Waals surface area (Å²) in [7, 11) is 0. The van der Waals surface area contributed by atoms with E-state index in [0.717, 1.165) is 52.0 Å². The van der Waals surface area contributed by atoms with Crippen molar-refractivity contribution in [1.82, 2.24) is 9.80 Å². The van der Waals surface area contributed by atoms with Crippen LogP contribution in [0.15, 0.2) is 24.3 Å². The van der Waals surface area contributed by atoms with E-state index in [1.165, 1.54) is 11.1 Å². The molecule has 0 aromatic heterocycles. The number of piperidine rings is 1. The second kappa shape index (κ2) is 7.21. The molecule has 1 amide bonds. The van der Waals surface area contributed by atoms with Crippen LogP contribution in [0.1, 0.15) is 24.0 Å². The third-order valence-electron chi connectivity index (χ3n) is 5.48. The molecule has 0 spiro atoms. The van der Waals surface area contributed by atoms with E-state index in [1.807, 2.05) is 0 Å². The van der Waals surface area contributed by atoms with Gasteiger partial charge in [-0.2, -0.15) is 0 Å². The number of ether oxygens (including phenoxy) is 2. The van der Waals surface area contributed by atoms with Gasteiger partial charge in [-0.1, -0.05) is 24.3 Å². The molecule has 0 aliphatic carbocycles. The van der Waals surface area contributed by atoms with Crippen LogP contribution in [0.5, 0.6) is 0 Å². The second-order valence-corrected chi connectivity index (χ2v) is 7.02. The highest BCUT2D eigenvalue weighted by Crippen LogP contribution is 2.25. The van der Waals surface area contributed by atoms with Gasteiger partial charge in [-0.05, 0) is 43.5 Å². The molecule has 5 nitrogen and oxygen atoms in total. The zero-order chi connectivity index (χ0) is 16.4. The summed E-state index contributed by atoms with van der Waals surface area (Å²) in [6, 6.07) is 8.49. The Hall–Kier alpha value is -1.43. The number of nitrogens with zero attached hydrogens (tertiary/aromatic N) is 2. The lowest BCUT2D eigenvalue weighted by molar-refractivity contribution is -0.138. The number of amides is 1. The van der Waals surface area contributed by atoms with E-state index in [1.54, 1.807) is 0 Å². The molecule has 1 aromatic carbocycles. The van der Waals surface area contributed by atoms with Gasteiger partial charge >= 0.3 is 0 Å². The molecule has 0 unspecified atom stereocenters. The Morgan fingerprint density at radius 2 is 1.75 bits per heavy atom. The Morgan fingerprint density at radius 1 is 1.04 bits per heavy atom. The Kier molecular flexibility index (Phi) is 4.83. The predicted molar refractivity (Wildman–Crippen MR) is 90.4 cm³/mol. The van der Waals surface area contributed by atoms with Crippen molar-refractivity contribution in [1.29, 1.82) is 0 Å². The highest BCUT2D eigenvalue weighted by atomic mass is 16.7. The zero-order valence-corrected chi connectivity index (χ0v) is 14.2. The van der Waals surface area contributed by atoms with Gasteiger partial charge in [0.25, 0.3) is 0 Å². The highest BCUT2D eigenvalue weighted by Gasteiger charge is 2.31. The molecule has 2 saturated heterocycles. The maximum absolute atomic E-state index is 12.9. The summed E-state index contributed by atoms with van der Waals surface area (Å²) < 4.78 is 11.0. The van der Waals surface area contributed by atoms with Gasteiger partial charge in [-0.25, -0.2) is 0 Å². The largest absolute Gasteiger partial charge is 0.349 e. The lowest BCUT2D eigenvalue weighted by Crippen LogP contribution is -2.45. The van der Waals surface area contributed by atoms with Gasteiger partial charge in [0, 0.05) is 25.6 Å². The minimum absolute atomic E-state index is 0.0733. The molecule has 1 aromatic rings. The number of hydrogen-bond donors (Lipinski definition) is 0. The summed E-state index contributed by atoms with van der Waals surface area (Å²) >= 11 is 0. The van der Waals surface area contributed by atoms with Crippen molar-refractivity contribution in [3.63, 3.8) is 0 Å². The average Bonchev–Trinajstić information content (AvgIpc) is 3.14. The van der Waals surface area contributed by atoms with Crippen LogP contribution < -0.4 is 0 Å². The molecule has 3 heterocycles. The first-order valence-corrected chi connectivity index (χ1v) is 9.11. The third-order valence-corrected chi connectivity index (χ3v) is 5.48. The number of rotatable bonds is 3. The van der Waals surface area contributed by atoms with Gasteiger partial charge in [0.1, 0.15) is 0 Å². The van der Waals surface area contributed by atoms with Gasteiger partial charge in [0.15, 0.2) is 6.29 Å². The average molecular weight is 330 g/mol. The molecule has 0 saturated carbocycles. The fourth-order valence-electron chi connectivity index (χ4n) is 4.03. The van der Waals surface area contributed by atoms with E-state index < -0.39 is 0 Å². The quantitative estimate of drug-likeness (QED) is 0.845. The van der Waals surface area contributed by atoms with Gasteiger partial charge in [-0.15, -0.1) is 0 Å². The zero-order valence-electron chi connectivity index (χ0n) is 14.2. The first-order chi connectivity index (χ1) is 11.8. The minimum Gasteiger partial charge on any atom is -0.349 e. The first-order valence-electron chi connectivity index (χ1n) is 9.11. The van der Waals surface area contributed by atoms with E-state index in [-0.39, 0.29) is 12.2 Å². The molecule has 0 N–H and O–H groups in total. The van der Waals surface area contributed by atoms with Crippen molar-refractivity contribution in [3.05, 3.63) is 35.4 Å². The van der Waals surface area contributed by atoms with Crippen molar-refractivity contribution in [3.8, 4) is 0 Å². The Bertz CT molecular complexity index is 578. The molecule has 0 bridgehead atoms. The smallest absolute Gasteiger partial charge is 0.226 e. The van der Waals surface area contributed by atoms with Crippen LogP contribution in [0.4, 0.5) is 0 Å². The summed E-state index contributed by atoms with van der Waals surface area (Å²) in [5, 5.41) is 0. The number of carbonyl (C=O) groups excluding carboxylic acids is 1. The van der Waals surface area contributed by atoms with Gasteiger partial charge in [-0.3, -0.25) is 9.69 Å². The van der Waals surface area contributed by atoms with E-state index in [4.69, 9.17) is 9.47 Å². The molecular formula is C19H26N2O3. The predicted octanol–water partition coefficient (Wildman–Crippen LogP) is 1.66. The van der Waals surface area contributed by atoms with Crippen molar-refractivity contribution >= 4 is 5.91 Å². The molecule has 3 aliphatic heterocycles. The van der Waals surface area contributed by atoms with Crippen molar-refractivity contribution in [2.75, 3.05) is 39.4 Å². The van der Waals surface area contributed by atoms with E-state index >= 15 is 0 Å². The van der Waals surface area contributed by atoms with E-state index in [0.29, 0.717) is 19.1 Å². The van der Waals surface area contributed by atoms with Gasteiger partial charge in [0.05, 0.1) is 13.2 Å². The van der Waals surface area contributed by atoms with Crippen LogP contribution in [-0.4, -0.2) is 61.4 Å². The summed E-state index contributed by atoms with van der Waals surface area (Å²) in [6.45, 7) is 5.80. The Labute approximate surface area is 143 Å². The number of carbonyl (C=O) groups is 1. The third kappa shape index (κ3) is 3.48. The monoisotopic (exact) mass is 330 g/mol. The highest BCUT2D eigenvalue weighted by molar-refractivity contribution is 5.79. The fourth-order valence-corrected chi connectivity index (χ4v) is 4.03. The molecule has 4 rings (SSSR count). The van der Waals surface area contributed by atoms with Crippen molar-refractivity contribution in [2.45, 2.75) is 32.1 Å². The number of likely N-dealkylation sites (tertiary alicyclic amines) is 1. The standard InChI is InChI=1S/C19H26N2O3/c22-19(21-10-7-15-3-1-2-4-17(15)13-21)16-5-8-20(9-6-16)14-18-23-11-12-24-18/h1-4,16,18H,5-14H2. The molecule has 5 heteroatoms. The number of hydrogen-bond acceptors (Lipinski definition) is 4. The summed E-state index contributed by atoms with van der Waals surface area (Å²) in [5.41, 5.74) is 2.71. The molecule has 130 valence electrons. The minimum atomic E-state index is -0.0733. The fraction of sp³-hybridized carbons (Fsp3) is 0.632. The van der Waals surface area contributed by atoms with Gasteiger partial charge < -0.3 is 14.4 Å². The lowest BCUT2D eigenvalue weighted by atomic mass is 9.93. The molecular weight excluding hydrogens is 304 g/mol. The van der Waals surface area contributed by atoms with Gasteiger partial charge in [0.2, 0.25) is 5.91 Å². The van der Waals surface area contributed by atoms with Crippen LogP contribution in [0.3, 0.4) is 0 Å². The normalized spacial score (nSPS) is 23.4. The SMILES string of the molecule is O=C(C1CCN(CC2OCCO2)CC1)N1CCc2ccccc2C1. The van der Waals surface area contributed by atoms with Crippen LogP contribution in [0.2, 0.25) is 0 Å². The maximum atomic E-state index is 12.9. The molecule has 0 atom stereocenters. The summed E-state index contributed by atoms with van der Waals surface area (Å²) in [6.07, 6.45) is 2.81. The van der Waals surface area contributed by atoms with E-state index in [2.05, 4.69) is 34.1 Å². The van der Waals surface area contributed by atoms with Crippen LogP contribution in [0.25, 0.3) is 0 Å². The Balaban J connectivity index is 1.29. The summed E-state index contributed by atoms with van der Waals surface area (Å²) in [4.78, 5) is 17.3. The van der Waals surface area contributed by atoms with E-state index in [9.17, 15) is 4.79 Å². The van der Waals surface area contributed by atoms with Crippen molar-refractivity contribution in [2.24, 2.45) is 5.92 Å². The van der Waals surface area contributed by atoms with Crippen LogP contribution >= 0.6 is 0 Å². The molecule has 2 fully saturated rings. The maximum Gasteiger partial charge on any atom is 0.226 e. The Morgan fingerprint density at radius 3 is 2.50 bits per heavy atom. The second-order valence-electron chi connectivity index (χ2n) is 7.02. The number of benzene rings is 1. The number of fused-ring (bicyclic) bond motifs is 1. The van der Waals surface area contributed by atoms with Crippen molar-refractivity contribution < 1.29 is 14.3 Å². The molecule has 0 radical (unpaired) electrons. The summed E-state index contributed by atoms with van der Waals surface area (Å²) in [5.74, 6) is 0.523. The van der Waals surface area contributed by atoms with Crippen LogP contribution in [0, 0.1) is 5.92 Å². The van der Waals surface area contributed by atoms with Crippen LogP contribution in [-0.2, 0) is 27.2 Å². The molecule has 3 aliphatic rings. The lowest BCUT2D eigenvalue weighted by Gasteiger charge is -2.36. The topological polar surface area (TPSA) is 42.0 Å². The molecule has 24 heavy (non-hydrogen) atoms.